The Balaban J connectivity index is 0.000000251. The molecule has 0 aliphatic carbocycles. The third kappa shape index (κ3) is 20.7. The highest BCUT2D eigenvalue weighted by molar-refractivity contribution is 6.76. The summed E-state index contributed by atoms with van der Waals surface area (Å²) in [5.74, 6) is 0.939. The fourth-order valence-corrected chi connectivity index (χ4v) is 9.86. The molecule has 26 heteroatoms. The van der Waals surface area contributed by atoms with E-state index in [2.05, 4.69) is 59.2 Å². The van der Waals surface area contributed by atoms with Gasteiger partial charge in [-0.3, -0.25) is 14.6 Å². The van der Waals surface area contributed by atoms with E-state index in [1.165, 1.54) is 35.7 Å². The summed E-state index contributed by atoms with van der Waals surface area (Å²) in [6.45, 7) is 33.4. The molecule has 5 heterocycles. The molecule has 0 N–H and O–H groups in total. The smallest absolute Gasteiger partial charge is 0.492 e. The van der Waals surface area contributed by atoms with E-state index in [-0.39, 0.29) is 66.6 Å². The molecule has 1 saturated heterocycles. The van der Waals surface area contributed by atoms with E-state index in [9.17, 15) is 35.9 Å². The molecule has 7 rings (SSSR count). The number of esters is 2. The van der Waals surface area contributed by atoms with Crippen molar-refractivity contribution in [2.24, 2.45) is 10.8 Å². The maximum atomic E-state index is 13.5. The van der Waals surface area contributed by atoms with Crippen molar-refractivity contribution in [1.29, 1.82) is 0 Å². The summed E-state index contributed by atoms with van der Waals surface area (Å²) in [6.07, 6.45) is -4.18. The third-order valence-corrected chi connectivity index (χ3v) is 18.1. The van der Waals surface area contributed by atoms with Gasteiger partial charge in [-0.2, -0.15) is 26.3 Å². The van der Waals surface area contributed by atoms with Crippen LogP contribution in [0.15, 0.2) is 85.5 Å². The first kappa shape index (κ1) is 72.7. The molecule has 1 aliphatic heterocycles. The van der Waals surface area contributed by atoms with Gasteiger partial charge in [0.05, 0.1) is 41.9 Å². The quantitative estimate of drug-likeness (QED) is 0.0207. The lowest BCUT2D eigenvalue weighted by Gasteiger charge is -2.32. The molecule has 0 unspecified atom stereocenters. The SMILES string of the molecule is COC(=O)C(C)(C)COc1ccc(-c2cc(C)c(-c3nc(C(F)(F)F)cn3COCC[Si](C)(C)C)cn2)cc1.COC(=O)C(C)(C)COc1ccc(B2OC(C)(C)C(C)(C)O2)cc1.Cc1cc(Cl)ncc1-c1nc(C(F)(F)F)cn1COCC[Si](C)(C)C. The number of hydrogen-bond donors (Lipinski definition) is 0. The Kier molecular flexibility index (Phi) is 24.1. The van der Waals surface area contributed by atoms with Crippen molar-refractivity contribution >= 4 is 52.3 Å². The molecule has 0 bridgehead atoms. The summed E-state index contributed by atoms with van der Waals surface area (Å²) in [6, 6.07) is 20.0. The fourth-order valence-electron chi connectivity index (χ4n) is 8.14. The number of methoxy groups -OCH3 is 2. The number of aryl methyl sites for hydroxylation is 2. The Morgan fingerprint density at radius 1 is 0.614 bits per heavy atom. The minimum atomic E-state index is -4.57. The van der Waals surface area contributed by atoms with Crippen molar-refractivity contribution in [3.8, 4) is 45.5 Å². The zero-order valence-corrected chi connectivity index (χ0v) is 56.5. The van der Waals surface area contributed by atoms with Crippen LogP contribution in [0.2, 0.25) is 56.5 Å². The van der Waals surface area contributed by atoms with Gasteiger partial charge in [0.1, 0.15) is 55.0 Å². The van der Waals surface area contributed by atoms with Gasteiger partial charge in [0.25, 0.3) is 0 Å². The normalized spacial score (nSPS) is 14.4. The molecule has 1 aliphatic rings. The van der Waals surface area contributed by atoms with E-state index in [4.69, 9.17) is 49.3 Å². The highest BCUT2D eigenvalue weighted by atomic mass is 35.5. The Hall–Kier alpha value is -6.09. The number of pyridine rings is 2. The van der Waals surface area contributed by atoms with Crippen LogP contribution in [0.5, 0.6) is 11.5 Å². The molecular formula is C62H84BClF6N6O10Si2. The Bertz CT molecular complexity index is 3280. The van der Waals surface area contributed by atoms with Gasteiger partial charge in [0, 0.05) is 70.8 Å². The molecule has 2 aromatic carbocycles. The van der Waals surface area contributed by atoms with Crippen molar-refractivity contribution in [3.63, 3.8) is 0 Å². The molecule has 0 atom stereocenters. The summed E-state index contributed by atoms with van der Waals surface area (Å²) in [5, 5.41) is 0.279. The van der Waals surface area contributed by atoms with Gasteiger partial charge in [-0.05, 0) is 146 Å². The number of ether oxygens (including phenoxy) is 6. The van der Waals surface area contributed by atoms with E-state index in [0.29, 0.717) is 47.1 Å². The standard InChI is InChI=1S/C28H36F3N3O4Si.C18H27BO5.C16H21ClF3N3OSi/c1-19-14-23(20-8-10-21(11-9-20)38-17-27(2,3)26(35)36-4)32-15-22(19)25-33-24(28(29,30)31)16-34(25)18-37-12-13-39(5,6)7;1-16(2,15(20)21-7)12-22-14-10-8-13(9-11-14)19-23-17(3,4)18(5,6)24-19;1-11-7-14(17)21-8-12(11)15-22-13(16(18,19)20)9-23(15)10-24-5-6-25(2,3)4/h8-11,14-16H,12-13,17-18H2,1-7H3;8-11H,12H2,1-7H3;7-9H,5-6,10H2,1-4H3. The van der Waals surface area contributed by atoms with Crippen LogP contribution in [-0.4, -0.2) is 116 Å². The monoisotopic (exact) mass is 1290 g/mol. The number of nitrogens with zero attached hydrogens (tertiary/aromatic N) is 6. The Morgan fingerprint density at radius 3 is 1.36 bits per heavy atom. The first-order chi connectivity index (χ1) is 40.6. The van der Waals surface area contributed by atoms with Crippen LogP contribution in [0.1, 0.15) is 77.9 Å². The Morgan fingerprint density at radius 2 is 1.00 bits per heavy atom. The lowest BCUT2D eigenvalue weighted by molar-refractivity contribution is -0.153. The minimum Gasteiger partial charge on any atom is -0.492 e. The summed E-state index contributed by atoms with van der Waals surface area (Å²) in [5.41, 5.74) is 0.663. The van der Waals surface area contributed by atoms with Gasteiger partial charge < -0.3 is 46.9 Å². The molecule has 0 saturated carbocycles. The highest BCUT2D eigenvalue weighted by Crippen LogP contribution is 2.38. The second-order valence-corrected chi connectivity index (χ2v) is 37.9. The van der Waals surface area contributed by atoms with Crippen LogP contribution in [0.3, 0.4) is 0 Å². The van der Waals surface area contributed by atoms with E-state index < -0.39 is 57.8 Å². The van der Waals surface area contributed by atoms with Crippen LogP contribution in [-0.2, 0) is 63.7 Å². The summed E-state index contributed by atoms with van der Waals surface area (Å²) in [4.78, 5) is 39.6. The van der Waals surface area contributed by atoms with Crippen LogP contribution in [0.25, 0.3) is 34.0 Å². The molecule has 16 nitrogen and oxygen atoms in total. The zero-order valence-electron chi connectivity index (χ0n) is 53.7. The number of aromatic nitrogens is 6. The molecule has 0 spiro atoms. The second-order valence-electron chi connectivity index (χ2n) is 26.2. The lowest BCUT2D eigenvalue weighted by Crippen LogP contribution is -2.41. The van der Waals surface area contributed by atoms with Crippen molar-refractivity contribution in [2.45, 2.75) is 158 Å². The van der Waals surface area contributed by atoms with Crippen molar-refractivity contribution < 1.29 is 73.7 Å². The zero-order chi connectivity index (χ0) is 66.0. The van der Waals surface area contributed by atoms with Crippen LogP contribution < -0.4 is 14.9 Å². The first-order valence-electron chi connectivity index (χ1n) is 28.6. The van der Waals surface area contributed by atoms with E-state index >= 15 is 0 Å². The molecule has 6 aromatic rings. The first-order valence-corrected chi connectivity index (χ1v) is 36.4. The van der Waals surface area contributed by atoms with E-state index in [0.717, 1.165) is 41.1 Å². The van der Waals surface area contributed by atoms with Gasteiger partial charge in [-0.15, -0.1) is 0 Å². The lowest BCUT2D eigenvalue weighted by atomic mass is 9.79. The summed E-state index contributed by atoms with van der Waals surface area (Å²) in [7, 11) is -0.278. The predicted molar refractivity (Wildman–Crippen MR) is 334 cm³/mol. The van der Waals surface area contributed by atoms with Crippen molar-refractivity contribution in [3.05, 3.63) is 113 Å². The molecule has 0 radical (unpaired) electrons. The maximum absolute atomic E-state index is 13.5. The topological polar surface area (TPSA) is 169 Å². The maximum Gasteiger partial charge on any atom is 0.494 e. The molecule has 0 amide bonds. The van der Waals surface area contributed by atoms with E-state index in [1.807, 2.05) is 77.1 Å². The number of rotatable bonds is 22. The number of alkyl halides is 6. The van der Waals surface area contributed by atoms with Crippen LogP contribution in [0, 0.1) is 24.7 Å². The van der Waals surface area contributed by atoms with Gasteiger partial charge in [0.15, 0.2) is 11.4 Å². The largest absolute Gasteiger partial charge is 0.494 e. The van der Waals surface area contributed by atoms with E-state index in [1.54, 1.807) is 52.8 Å². The molecule has 1 fully saturated rings. The van der Waals surface area contributed by atoms with Crippen LogP contribution >= 0.6 is 11.6 Å². The molecule has 88 heavy (non-hydrogen) atoms. The second kappa shape index (κ2) is 29.2. The molecular weight excluding hydrogens is 1210 g/mol. The number of benzene rings is 2. The van der Waals surface area contributed by atoms with Crippen LogP contribution in [0.4, 0.5) is 26.3 Å². The fraction of sp³-hybridized carbons (Fsp3) is 0.516. The van der Waals surface area contributed by atoms with Gasteiger partial charge in [-0.25, -0.2) is 15.0 Å². The highest BCUT2D eigenvalue weighted by Gasteiger charge is 2.51. The van der Waals surface area contributed by atoms with Gasteiger partial charge >= 0.3 is 31.4 Å². The van der Waals surface area contributed by atoms with Gasteiger partial charge in [0.2, 0.25) is 0 Å². The third-order valence-electron chi connectivity index (χ3n) is 14.5. The number of carbonyl (C=O) groups excluding carboxylic acids is 2. The number of imidazole rings is 2. The molecule has 4 aromatic heterocycles. The van der Waals surface area contributed by atoms with Gasteiger partial charge in [-0.1, -0.05) is 63.0 Å². The summed E-state index contributed by atoms with van der Waals surface area (Å²) < 4.78 is 127. The Labute approximate surface area is 520 Å². The number of hydrogen-bond acceptors (Lipinski definition) is 14. The minimum absolute atomic E-state index is 0.00492. The van der Waals surface area contributed by atoms with Crippen molar-refractivity contribution in [2.75, 3.05) is 40.6 Å². The number of halogens is 7. The predicted octanol–water partition coefficient (Wildman–Crippen LogP) is 14.6. The molecule has 482 valence electrons. The average molecular weight is 1290 g/mol. The average Bonchev–Trinajstić information content (AvgIpc) is 2.45. The summed E-state index contributed by atoms with van der Waals surface area (Å²) >= 11 is 5.83. The number of carbonyl (C=O) groups is 2. The van der Waals surface area contributed by atoms with Crippen molar-refractivity contribution in [1.82, 2.24) is 29.1 Å².